The van der Waals surface area contributed by atoms with E-state index in [1.807, 2.05) is 0 Å². The molecule has 0 bridgehead atoms. The van der Waals surface area contributed by atoms with Crippen LogP contribution in [-0.4, -0.2) is 23.4 Å². The summed E-state index contributed by atoms with van der Waals surface area (Å²) in [6.07, 6.45) is 1.92. The van der Waals surface area contributed by atoms with Gasteiger partial charge in [-0.15, -0.1) is 0 Å². The second kappa shape index (κ2) is 6.55. The molecule has 23 heavy (non-hydrogen) atoms. The fourth-order valence-corrected chi connectivity index (χ4v) is 3.59. The maximum absolute atomic E-state index is 11.6. The van der Waals surface area contributed by atoms with Gasteiger partial charge in [0.2, 0.25) is 5.91 Å². The smallest absolute Gasteiger partial charge is 0.234 e. The molecule has 2 atom stereocenters. The average Bonchev–Trinajstić information content (AvgIpc) is 3.05. The Balaban J connectivity index is 1.82. The fraction of sp³-hybridized carbons (Fsp3) is 0.350. The van der Waals surface area contributed by atoms with E-state index in [0.717, 1.165) is 19.4 Å². The van der Waals surface area contributed by atoms with Gasteiger partial charge in [0.25, 0.3) is 0 Å². The van der Waals surface area contributed by atoms with Gasteiger partial charge in [0.15, 0.2) is 0 Å². The van der Waals surface area contributed by atoms with Gasteiger partial charge in [-0.25, -0.2) is 0 Å². The van der Waals surface area contributed by atoms with Crippen LogP contribution >= 0.6 is 0 Å². The Bertz CT molecular complexity index is 693. The van der Waals surface area contributed by atoms with E-state index in [-0.39, 0.29) is 18.0 Å². The molecule has 3 heteroatoms. The molecular formula is C20H24N2O. The summed E-state index contributed by atoms with van der Waals surface area (Å²) >= 11 is 0. The molecule has 0 saturated carbocycles. The van der Waals surface area contributed by atoms with E-state index in [9.17, 15) is 4.79 Å². The van der Waals surface area contributed by atoms with Crippen LogP contribution in [0.1, 0.15) is 36.9 Å². The molecule has 1 amide bonds. The molecule has 120 valence electrons. The second-order valence-corrected chi connectivity index (χ2v) is 6.41. The van der Waals surface area contributed by atoms with Crippen LogP contribution in [0.2, 0.25) is 0 Å². The minimum atomic E-state index is -0.203. The van der Waals surface area contributed by atoms with Crippen LogP contribution in [0, 0.1) is 6.92 Å². The zero-order valence-electron chi connectivity index (χ0n) is 13.8. The molecule has 1 heterocycles. The first-order valence-corrected chi connectivity index (χ1v) is 8.29. The highest BCUT2D eigenvalue weighted by Crippen LogP contribution is 2.31. The summed E-state index contributed by atoms with van der Waals surface area (Å²) in [7, 11) is 0. The number of carbonyl (C=O) groups is 1. The Kier molecular flexibility index (Phi) is 4.49. The van der Waals surface area contributed by atoms with Crippen molar-refractivity contribution in [3.05, 3.63) is 59.7 Å². The molecule has 2 aromatic rings. The molecule has 2 N–H and O–H groups in total. The lowest BCUT2D eigenvalue weighted by Crippen LogP contribution is -2.41. The standard InChI is InChI=1S/C20H24N2O/c1-14-6-3-4-7-18(14)17-11-9-16(10-12-17)15(2)22-13-5-8-19(22)20(21)23/h3-4,6-7,9-12,15,19H,5,8,13H2,1-2H3,(H2,21,23)/t15-,19?/m0/s1. The highest BCUT2D eigenvalue weighted by atomic mass is 16.1. The molecule has 1 aliphatic heterocycles. The zero-order valence-corrected chi connectivity index (χ0v) is 13.8. The van der Waals surface area contributed by atoms with Crippen molar-refractivity contribution in [2.75, 3.05) is 6.54 Å². The van der Waals surface area contributed by atoms with Crippen LogP contribution in [-0.2, 0) is 4.79 Å². The molecule has 0 aliphatic carbocycles. The predicted molar refractivity (Wildman–Crippen MR) is 94.0 cm³/mol. The quantitative estimate of drug-likeness (QED) is 0.936. The van der Waals surface area contributed by atoms with Gasteiger partial charge in [-0.2, -0.15) is 0 Å². The highest BCUT2D eigenvalue weighted by Gasteiger charge is 2.32. The van der Waals surface area contributed by atoms with Crippen LogP contribution < -0.4 is 5.73 Å². The number of primary amides is 1. The van der Waals surface area contributed by atoms with Gasteiger partial charge in [-0.3, -0.25) is 9.69 Å². The van der Waals surface area contributed by atoms with Gasteiger partial charge in [0, 0.05) is 6.04 Å². The third-order valence-electron chi connectivity index (χ3n) is 4.97. The summed E-state index contributed by atoms with van der Waals surface area (Å²) in [5.41, 5.74) is 10.5. The highest BCUT2D eigenvalue weighted by molar-refractivity contribution is 5.80. The molecule has 1 fully saturated rings. The first kappa shape index (κ1) is 15.8. The molecule has 0 radical (unpaired) electrons. The van der Waals surface area contributed by atoms with Crippen molar-refractivity contribution < 1.29 is 4.79 Å². The lowest BCUT2D eigenvalue weighted by molar-refractivity contribution is -0.122. The topological polar surface area (TPSA) is 46.3 Å². The molecule has 1 unspecified atom stereocenters. The maximum atomic E-state index is 11.6. The minimum Gasteiger partial charge on any atom is -0.368 e. The van der Waals surface area contributed by atoms with Crippen LogP contribution in [0.3, 0.4) is 0 Å². The summed E-state index contributed by atoms with van der Waals surface area (Å²) in [4.78, 5) is 13.8. The van der Waals surface area contributed by atoms with Crippen molar-refractivity contribution in [1.82, 2.24) is 4.90 Å². The number of nitrogens with two attached hydrogens (primary N) is 1. The van der Waals surface area contributed by atoms with Crippen LogP contribution in [0.25, 0.3) is 11.1 Å². The van der Waals surface area contributed by atoms with Gasteiger partial charge in [0.1, 0.15) is 0 Å². The lowest BCUT2D eigenvalue weighted by atomic mass is 9.97. The molecule has 3 nitrogen and oxygen atoms in total. The fourth-order valence-electron chi connectivity index (χ4n) is 3.59. The van der Waals surface area contributed by atoms with E-state index in [2.05, 4.69) is 67.3 Å². The zero-order chi connectivity index (χ0) is 16.4. The van der Waals surface area contributed by atoms with E-state index >= 15 is 0 Å². The first-order valence-electron chi connectivity index (χ1n) is 8.29. The molecule has 0 spiro atoms. The number of amides is 1. The van der Waals surface area contributed by atoms with Gasteiger partial charge < -0.3 is 5.73 Å². The van der Waals surface area contributed by atoms with Crippen LogP contribution in [0.15, 0.2) is 48.5 Å². The Morgan fingerprint density at radius 1 is 1.17 bits per heavy atom. The Labute approximate surface area is 138 Å². The number of benzene rings is 2. The number of likely N-dealkylation sites (tertiary alicyclic amines) is 1. The third kappa shape index (κ3) is 3.15. The van der Waals surface area contributed by atoms with E-state index in [0.29, 0.717) is 0 Å². The van der Waals surface area contributed by atoms with Gasteiger partial charge in [0.05, 0.1) is 6.04 Å². The SMILES string of the molecule is Cc1ccccc1-c1ccc([C@H](C)N2CCCC2C(N)=O)cc1. The van der Waals surface area contributed by atoms with E-state index in [4.69, 9.17) is 5.73 Å². The summed E-state index contributed by atoms with van der Waals surface area (Å²) < 4.78 is 0. The van der Waals surface area contributed by atoms with Gasteiger partial charge in [-0.05, 0) is 55.5 Å². The van der Waals surface area contributed by atoms with Crippen molar-refractivity contribution in [3.63, 3.8) is 0 Å². The lowest BCUT2D eigenvalue weighted by Gasteiger charge is -2.29. The largest absolute Gasteiger partial charge is 0.368 e. The van der Waals surface area contributed by atoms with Crippen molar-refractivity contribution >= 4 is 5.91 Å². The van der Waals surface area contributed by atoms with Crippen molar-refractivity contribution in [2.24, 2.45) is 5.73 Å². The molecule has 0 aromatic heterocycles. The van der Waals surface area contributed by atoms with Crippen molar-refractivity contribution in [2.45, 2.75) is 38.8 Å². The molecular weight excluding hydrogens is 284 g/mol. The average molecular weight is 308 g/mol. The Morgan fingerprint density at radius 2 is 1.87 bits per heavy atom. The van der Waals surface area contributed by atoms with Crippen molar-refractivity contribution in [1.29, 1.82) is 0 Å². The Hall–Kier alpha value is -2.13. The third-order valence-corrected chi connectivity index (χ3v) is 4.97. The van der Waals surface area contributed by atoms with Crippen LogP contribution in [0.4, 0.5) is 0 Å². The summed E-state index contributed by atoms with van der Waals surface area (Å²) in [6.45, 7) is 5.23. The molecule has 2 aromatic carbocycles. The monoisotopic (exact) mass is 308 g/mol. The number of carbonyl (C=O) groups excluding carboxylic acids is 1. The maximum Gasteiger partial charge on any atom is 0.234 e. The number of aryl methyl sites for hydroxylation is 1. The predicted octanol–water partition coefficient (Wildman–Crippen LogP) is 3.67. The summed E-state index contributed by atoms with van der Waals surface area (Å²) in [6, 6.07) is 17.2. The van der Waals surface area contributed by atoms with E-state index in [1.165, 1.54) is 22.3 Å². The van der Waals surface area contributed by atoms with Gasteiger partial charge in [-0.1, -0.05) is 48.5 Å². The summed E-state index contributed by atoms with van der Waals surface area (Å²) in [5.74, 6) is -0.203. The van der Waals surface area contributed by atoms with Gasteiger partial charge >= 0.3 is 0 Å². The van der Waals surface area contributed by atoms with Crippen LogP contribution in [0.5, 0.6) is 0 Å². The van der Waals surface area contributed by atoms with E-state index < -0.39 is 0 Å². The second-order valence-electron chi connectivity index (χ2n) is 6.41. The normalized spacial score (nSPS) is 19.7. The molecule has 1 saturated heterocycles. The summed E-state index contributed by atoms with van der Waals surface area (Å²) in [5, 5.41) is 0. The first-order chi connectivity index (χ1) is 11.1. The Morgan fingerprint density at radius 3 is 2.52 bits per heavy atom. The van der Waals surface area contributed by atoms with Crippen molar-refractivity contribution in [3.8, 4) is 11.1 Å². The minimum absolute atomic E-state index is 0.124. The number of nitrogens with zero attached hydrogens (tertiary/aromatic N) is 1. The molecule has 1 aliphatic rings. The number of hydrogen-bond acceptors (Lipinski definition) is 2. The number of rotatable bonds is 4. The number of hydrogen-bond donors (Lipinski definition) is 1. The van der Waals surface area contributed by atoms with E-state index in [1.54, 1.807) is 0 Å². The molecule has 3 rings (SSSR count).